The average Bonchev–Trinajstić information content (AvgIpc) is 2.95. The molecule has 2 rings (SSSR count). The zero-order valence-electron chi connectivity index (χ0n) is 12.1. The Morgan fingerprint density at radius 2 is 2.00 bits per heavy atom. The summed E-state index contributed by atoms with van der Waals surface area (Å²) in [5, 5.41) is 0. The van der Waals surface area contributed by atoms with Crippen LogP contribution in [-0.4, -0.2) is 13.2 Å². The minimum Gasteiger partial charge on any atom is -0.496 e. The Balaban J connectivity index is 2.18. The van der Waals surface area contributed by atoms with Crippen LogP contribution in [0.1, 0.15) is 44.6 Å². The molecular weight excluding hydrogens is 236 g/mol. The largest absolute Gasteiger partial charge is 0.496 e. The molecule has 0 radical (unpaired) electrons. The molecule has 0 aliphatic heterocycles. The summed E-state index contributed by atoms with van der Waals surface area (Å²) in [4.78, 5) is 0. The molecule has 1 aromatic carbocycles. The first-order valence-corrected chi connectivity index (χ1v) is 7.34. The third kappa shape index (κ3) is 2.93. The van der Waals surface area contributed by atoms with Gasteiger partial charge in [0.2, 0.25) is 0 Å². The van der Waals surface area contributed by atoms with E-state index >= 15 is 0 Å². The predicted molar refractivity (Wildman–Crippen MR) is 79.0 cm³/mol. The van der Waals surface area contributed by atoms with Gasteiger partial charge in [-0.05, 0) is 42.7 Å². The van der Waals surface area contributed by atoms with E-state index in [1.807, 2.05) is 12.1 Å². The summed E-state index contributed by atoms with van der Waals surface area (Å²) in [5.74, 6) is 6.83. The summed E-state index contributed by atoms with van der Waals surface area (Å²) in [6.07, 6.45) is 7.36. The molecule has 0 aromatic heterocycles. The summed E-state index contributed by atoms with van der Waals surface area (Å²) in [6, 6.07) is 8.57. The Morgan fingerprint density at radius 3 is 2.58 bits per heavy atom. The van der Waals surface area contributed by atoms with Gasteiger partial charge in [-0.25, -0.2) is 0 Å². The topological polar surface area (TPSA) is 47.3 Å². The number of nitrogens with one attached hydrogen (secondary N) is 1. The van der Waals surface area contributed by atoms with E-state index in [0.717, 1.165) is 12.2 Å². The van der Waals surface area contributed by atoms with Crippen molar-refractivity contribution in [3.8, 4) is 5.75 Å². The van der Waals surface area contributed by atoms with Gasteiger partial charge in [0, 0.05) is 6.04 Å². The number of benzene rings is 1. The molecule has 1 unspecified atom stereocenters. The molecule has 1 aliphatic carbocycles. The zero-order valence-corrected chi connectivity index (χ0v) is 12.1. The first-order chi connectivity index (χ1) is 9.25. The van der Waals surface area contributed by atoms with Crippen LogP contribution in [0.4, 0.5) is 0 Å². The molecule has 1 fully saturated rings. The minimum atomic E-state index is 0.330. The van der Waals surface area contributed by atoms with E-state index in [1.54, 1.807) is 7.11 Å². The molecule has 0 saturated heterocycles. The lowest BCUT2D eigenvalue weighted by molar-refractivity contribution is 0.184. The van der Waals surface area contributed by atoms with E-state index in [9.17, 15) is 0 Å². The zero-order chi connectivity index (χ0) is 13.7. The molecule has 3 nitrogen and oxygen atoms in total. The van der Waals surface area contributed by atoms with Gasteiger partial charge in [-0.3, -0.25) is 11.3 Å². The lowest BCUT2D eigenvalue weighted by Gasteiger charge is -2.37. The molecule has 0 heterocycles. The molecule has 0 bridgehead atoms. The second-order valence-corrected chi connectivity index (χ2v) is 5.66. The van der Waals surface area contributed by atoms with Crippen LogP contribution < -0.4 is 16.0 Å². The molecule has 0 spiro atoms. The molecule has 1 aromatic rings. The van der Waals surface area contributed by atoms with Crippen molar-refractivity contribution in [1.29, 1.82) is 0 Å². The van der Waals surface area contributed by atoms with Crippen LogP contribution in [-0.2, 0) is 6.42 Å². The molecule has 1 saturated carbocycles. The van der Waals surface area contributed by atoms with Crippen LogP contribution in [0.25, 0.3) is 0 Å². The van der Waals surface area contributed by atoms with Crippen molar-refractivity contribution in [2.24, 2.45) is 11.3 Å². The fourth-order valence-corrected chi connectivity index (χ4v) is 3.57. The third-order valence-corrected chi connectivity index (χ3v) is 4.86. The number of nitrogens with two attached hydrogens (primary N) is 1. The monoisotopic (exact) mass is 262 g/mol. The Hall–Kier alpha value is -1.06. The van der Waals surface area contributed by atoms with Crippen LogP contribution in [0, 0.1) is 5.41 Å². The Bertz CT molecular complexity index is 399. The number of ether oxygens (including phenoxy) is 1. The van der Waals surface area contributed by atoms with E-state index < -0.39 is 0 Å². The molecule has 1 aliphatic rings. The molecule has 19 heavy (non-hydrogen) atoms. The highest BCUT2D eigenvalue weighted by molar-refractivity contribution is 5.34. The van der Waals surface area contributed by atoms with Crippen molar-refractivity contribution in [2.75, 3.05) is 7.11 Å². The molecular formula is C16H26N2O. The Morgan fingerprint density at radius 1 is 1.32 bits per heavy atom. The maximum absolute atomic E-state index is 5.86. The number of methoxy groups -OCH3 is 1. The van der Waals surface area contributed by atoms with Gasteiger partial charge in [-0.1, -0.05) is 38.0 Å². The van der Waals surface area contributed by atoms with Crippen LogP contribution in [0.15, 0.2) is 24.3 Å². The van der Waals surface area contributed by atoms with Gasteiger partial charge >= 0.3 is 0 Å². The molecule has 106 valence electrons. The van der Waals surface area contributed by atoms with Crippen molar-refractivity contribution < 1.29 is 4.74 Å². The highest BCUT2D eigenvalue weighted by Crippen LogP contribution is 2.44. The molecule has 3 heteroatoms. The van der Waals surface area contributed by atoms with Gasteiger partial charge in [0.1, 0.15) is 5.75 Å². The van der Waals surface area contributed by atoms with Gasteiger partial charge in [-0.15, -0.1) is 0 Å². The van der Waals surface area contributed by atoms with Crippen LogP contribution in [0.5, 0.6) is 5.75 Å². The first-order valence-electron chi connectivity index (χ1n) is 7.34. The standard InChI is InChI=1S/C16H26N2O/c1-3-16(10-6-7-11-16)15(18-17)12-13-8-4-5-9-14(13)19-2/h4-5,8-9,15,18H,3,6-7,10-12,17H2,1-2H3. The number of rotatable bonds is 6. The Labute approximate surface area is 116 Å². The number of hydrogen-bond acceptors (Lipinski definition) is 3. The van der Waals surface area contributed by atoms with Crippen LogP contribution >= 0.6 is 0 Å². The van der Waals surface area contributed by atoms with Crippen molar-refractivity contribution in [1.82, 2.24) is 5.43 Å². The number of para-hydroxylation sites is 1. The lowest BCUT2D eigenvalue weighted by atomic mass is 9.74. The number of hydrogen-bond donors (Lipinski definition) is 2. The van der Waals surface area contributed by atoms with E-state index in [1.165, 1.54) is 37.7 Å². The maximum atomic E-state index is 5.86. The summed E-state index contributed by atoms with van der Waals surface area (Å²) in [5.41, 5.74) is 4.68. The first kappa shape index (κ1) is 14.4. The normalized spacial score (nSPS) is 19.3. The lowest BCUT2D eigenvalue weighted by Crippen LogP contribution is -2.48. The quantitative estimate of drug-likeness (QED) is 0.612. The summed E-state index contributed by atoms with van der Waals surface area (Å²) in [7, 11) is 1.73. The predicted octanol–water partition coefficient (Wildman–Crippen LogP) is 3.04. The molecule has 0 amide bonds. The smallest absolute Gasteiger partial charge is 0.122 e. The Kier molecular flexibility index (Phi) is 4.83. The van der Waals surface area contributed by atoms with E-state index in [4.69, 9.17) is 10.6 Å². The SMILES string of the molecule is CCC1(C(Cc2ccccc2OC)NN)CCCC1. The van der Waals surface area contributed by atoms with Crippen LogP contribution in [0.2, 0.25) is 0 Å². The third-order valence-electron chi connectivity index (χ3n) is 4.86. The van der Waals surface area contributed by atoms with Gasteiger partial charge in [-0.2, -0.15) is 0 Å². The average molecular weight is 262 g/mol. The summed E-state index contributed by atoms with van der Waals surface area (Å²) >= 11 is 0. The second-order valence-electron chi connectivity index (χ2n) is 5.66. The molecule has 1 atom stereocenters. The van der Waals surface area contributed by atoms with Gasteiger partial charge < -0.3 is 4.74 Å². The van der Waals surface area contributed by atoms with Crippen LogP contribution in [0.3, 0.4) is 0 Å². The van der Waals surface area contributed by atoms with E-state index in [0.29, 0.717) is 11.5 Å². The molecule has 3 N–H and O–H groups in total. The van der Waals surface area contributed by atoms with E-state index in [-0.39, 0.29) is 0 Å². The van der Waals surface area contributed by atoms with Crippen molar-refractivity contribution >= 4 is 0 Å². The second kappa shape index (κ2) is 6.40. The van der Waals surface area contributed by atoms with Gasteiger partial charge in [0.05, 0.1) is 7.11 Å². The minimum absolute atomic E-state index is 0.330. The van der Waals surface area contributed by atoms with Gasteiger partial charge in [0.15, 0.2) is 0 Å². The highest BCUT2D eigenvalue weighted by atomic mass is 16.5. The highest BCUT2D eigenvalue weighted by Gasteiger charge is 2.39. The van der Waals surface area contributed by atoms with Crippen molar-refractivity contribution in [2.45, 2.75) is 51.5 Å². The summed E-state index contributed by atoms with van der Waals surface area (Å²) < 4.78 is 5.45. The maximum Gasteiger partial charge on any atom is 0.122 e. The number of hydrazine groups is 1. The van der Waals surface area contributed by atoms with Crippen molar-refractivity contribution in [3.63, 3.8) is 0 Å². The van der Waals surface area contributed by atoms with Crippen molar-refractivity contribution in [3.05, 3.63) is 29.8 Å². The summed E-state index contributed by atoms with van der Waals surface area (Å²) in [6.45, 7) is 2.29. The fourth-order valence-electron chi connectivity index (χ4n) is 3.57. The van der Waals surface area contributed by atoms with E-state index in [2.05, 4.69) is 24.5 Å². The fraction of sp³-hybridized carbons (Fsp3) is 0.625. The van der Waals surface area contributed by atoms with Gasteiger partial charge in [0.25, 0.3) is 0 Å².